The van der Waals surface area contributed by atoms with Crippen LogP contribution in [0.5, 0.6) is 0 Å². The second kappa shape index (κ2) is 3.46. The highest BCUT2D eigenvalue weighted by atomic mass is 15.1. The first-order valence-electron chi connectivity index (χ1n) is 2.05. The van der Waals surface area contributed by atoms with E-state index in [0.29, 0.717) is 6.54 Å². The van der Waals surface area contributed by atoms with E-state index in [0.717, 1.165) is 0 Å². The van der Waals surface area contributed by atoms with Crippen LogP contribution in [0.4, 0.5) is 0 Å². The summed E-state index contributed by atoms with van der Waals surface area (Å²) in [6.07, 6.45) is 0. The van der Waals surface area contributed by atoms with Crippen molar-refractivity contribution in [3.8, 4) is 0 Å². The van der Waals surface area contributed by atoms with Crippen LogP contribution in [0.15, 0.2) is 5.11 Å². The molecule has 0 spiro atoms. The molecule has 0 radical (unpaired) electrons. The SMILES string of the molecule is C[C@H](CN)N=[N+]=[N-]. The highest BCUT2D eigenvalue weighted by molar-refractivity contribution is 4.58. The zero-order valence-corrected chi connectivity index (χ0v) is 4.20. The molecular weight excluding hydrogens is 92.1 g/mol. The lowest BCUT2D eigenvalue weighted by Gasteiger charge is -1.92. The molecule has 0 fully saturated rings. The van der Waals surface area contributed by atoms with Crippen LogP contribution in [-0.2, 0) is 0 Å². The van der Waals surface area contributed by atoms with Crippen molar-refractivity contribution in [2.75, 3.05) is 6.54 Å². The fraction of sp³-hybridized carbons (Fsp3) is 1.00. The van der Waals surface area contributed by atoms with Gasteiger partial charge in [0.2, 0.25) is 0 Å². The lowest BCUT2D eigenvalue weighted by Crippen LogP contribution is -2.12. The molecule has 2 N–H and O–H groups in total. The lowest BCUT2D eigenvalue weighted by atomic mass is 10.4. The molecule has 1 atom stereocenters. The van der Waals surface area contributed by atoms with Gasteiger partial charge in [-0.1, -0.05) is 12.0 Å². The summed E-state index contributed by atoms with van der Waals surface area (Å²) in [6, 6.07) is -0.0648. The van der Waals surface area contributed by atoms with Crippen molar-refractivity contribution >= 4 is 0 Å². The van der Waals surface area contributed by atoms with Crippen LogP contribution in [0, 0.1) is 0 Å². The van der Waals surface area contributed by atoms with E-state index in [-0.39, 0.29) is 6.04 Å². The molecule has 0 aliphatic carbocycles. The van der Waals surface area contributed by atoms with Gasteiger partial charge in [0, 0.05) is 17.5 Å². The Morgan fingerprint density at radius 1 is 2.00 bits per heavy atom. The van der Waals surface area contributed by atoms with Gasteiger partial charge in [-0.3, -0.25) is 0 Å². The Hall–Kier alpha value is -0.730. The summed E-state index contributed by atoms with van der Waals surface area (Å²) in [5.41, 5.74) is 12.9. The van der Waals surface area contributed by atoms with Gasteiger partial charge in [-0.2, -0.15) is 0 Å². The number of hydrogen-bond acceptors (Lipinski definition) is 2. The zero-order valence-electron chi connectivity index (χ0n) is 4.20. The topological polar surface area (TPSA) is 74.8 Å². The summed E-state index contributed by atoms with van der Waals surface area (Å²) in [7, 11) is 0. The van der Waals surface area contributed by atoms with Crippen molar-refractivity contribution < 1.29 is 0 Å². The summed E-state index contributed by atoms with van der Waals surface area (Å²) < 4.78 is 0. The van der Waals surface area contributed by atoms with E-state index in [1.54, 1.807) is 6.92 Å². The summed E-state index contributed by atoms with van der Waals surface area (Å²) in [5, 5.41) is 3.30. The van der Waals surface area contributed by atoms with Gasteiger partial charge in [0.05, 0.1) is 0 Å². The highest BCUT2D eigenvalue weighted by Gasteiger charge is 1.88. The quantitative estimate of drug-likeness (QED) is 0.308. The third kappa shape index (κ3) is 3.09. The maximum absolute atomic E-state index is 7.77. The van der Waals surface area contributed by atoms with Crippen LogP contribution in [-0.4, -0.2) is 12.6 Å². The Labute approximate surface area is 41.9 Å². The van der Waals surface area contributed by atoms with Gasteiger partial charge in [-0.15, -0.1) is 0 Å². The van der Waals surface area contributed by atoms with E-state index >= 15 is 0 Å². The van der Waals surface area contributed by atoms with Gasteiger partial charge in [0.1, 0.15) is 0 Å². The van der Waals surface area contributed by atoms with Crippen molar-refractivity contribution in [3.05, 3.63) is 10.4 Å². The van der Waals surface area contributed by atoms with Crippen molar-refractivity contribution in [2.24, 2.45) is 10.8 Å². The maximum Gasteiger partial charge on any atom is 0.0468 e. The Balaban J connectivity index is 3.35. The van der Waals surface area contributed by atoms with Crippen LogP contribution >= 0.6 is 0 Å². The first-order valence-corrected chi connectivity index (χ1v) is 2.05. The smallest absolute Gasteiger partial charge is 0.0468 e. The summed E-state index contributed by atoms with van der Waals surface area (Å²) in [5.74, 6) is 0. The van der Waals surface area contributed by atoms with Crippen LogP contribution in [0.3, 0.4) is 0 Å². The van der Waals surface area contributed by atoms with Crippen LogP contribution in [0.1, 0.15) is 6.92 Å². The van der Waals surface area contributed by atoms with E-state index < -0.39 is 0 Å². The fourth-order valence-corrected chi connectivity index (χ4v) is 0.135. The fourth-order valence-electron chi connectivity index (χ4n) is 0.135. The average molecular weight is 100 g/mol. The Kier molecular flexibility index (Phi) is 3.10. The molecule has 0 saturated heterocycles. The van der Waals surface area contributed by atoms with Crippen molar-refractivity contribution in [1.82, 2.24) is 0 Å². The predicted molar refractivity (Wildman–Crippen MR) is 27.7 cm³/mol. The van der Waals surface area contributed by atoms with Gasteiger partial charge < -0.3 is 5.73 Å². The Morgan fingerprint density at radius 2 is 2.57 bits per heavy atom. The molecule has 0 aliphatic rings. The minimum Gasteiger partial charge on any atom is -0.330 e. The highest BCUT2D eigenvalue weighted by Crippen LogP contribution is 1.82. The predicted octanol–water partition coefficient (Wildman–Crippen LogP) is 0.644. The average Bonchev–Trinajstić information content (AvgIpc) is 1.68. The van der Waals surface area contributed by atoms with Gasteiger partial charge >= 0.3 is 0 Å². The standard InChI is InChI=1S/C3H8N4/c1-3(2-4)6-7-5/h3H,2,4H2,1H3/t3-/m1/s1. The normalized spacial score (nSPS) is 12.3. The second-order valence-electron chi connectivity index (χ2n) is 1.29. The molecule has 4 nitrogen and oxygen atoms in total. The molecule has 0 aliphatic heterocycles. The molecule has 4 heteroatoms. The van der Waals surface area contributed by atoms with Crippen molar-refractivity contribution in [2.45, 2.75) is 13.0 Å². The first-order chi connectivity index (χ1) is 3.31. The number of rotatable bonds is 2. The molecular formula is C3H8N4. The summed E-state index contributed by atoms with van der Waals surface area (Å²) in [6.45, 7) is 2.18. The van der Waals surface area contributed by atoms with Crippen LogP contribution < -0.4 is 5.73 Å². The largest absolute Gasteiger partial charge is 0.330 e. The zero-order chi connectivity index (χ0) is 5.70. The summed E-state index contributed by atoms with van der Waals surface area (Å²) in [4.78, 5) is 2.55. The number of nitrogens with two attached hydrogens (primary N) is 1. The lowest BCUT2D eigenvalue weighted by molar-refractivity contribution is 0.745. The minimum absolute atomic E-state index is 0.0648. The van der Waals surface area contributed by atoms with E-state index in [2.05, 4.69) is 10.0 Å². The molecule has 0 aromatic carbocycles. The van der Waals surface area contributed by atoms with Gasteiger partial charge in [0.25, 0.3) is 0 Å². The van der Waals surface area contributed by atoms with Gasteiger partial charge in [-0.25, -0.2) is 0 Å². The molecule has 0 heterocycles. The number of nitrogens with zero attached hydrogens (tertiary/aromatic N) is 3. The molecule has 0 amide bonds. The minimum atomic E-state index is -0.0648. The van der Waals surface area contributed by atoms with Gasteiger partial charge in [0.15, 0.2) is 0 Å². The van der Waals surface area contributed by atoms with E-state index in [1.165, 1.54) is 0 Å². The summed E-state index contributed by atoms with van der Waals surface area (Å²) >= 11 is 0. The number of azide groups is 1. The van der Waals surface area contributed by atoms with Crippen LogP contribution in [0.2, 0.25) is 0 Å². The Morgan fingerprint density at radius 3 is 2.71 bits per heavy atom. The maximum atomic E-state index is 7.77. The molecule has 0 bridgehead atoms. The monoisotopic (exact) mass is 100 g/mol. The van der Waals surface area contributed by atoms with Crippen LogP contribution in [0.25, 0.3) is 10.4 Å². The molecule has 0 saturated carbocycles. The molecule has 0 aromatic heterocycles. The third-order valence-electron chi connectivity index (χ3n) is 0.590. The second-order valence-corrected chi connectivity index (χ2v) is 1.29. The molecule has 0 rings (SSSR count). The van der Waals surface area contributed by atoms with Gasteiger partial charge in [-0.05, 0) is 5.53 Å². The molecule has 0 aromatic rings. The molecule has 0 unspecified atom stereocenters. The molecule has 7 heavy (non-hydrogen) atoms. The van der Waals surface area contributed by atoms with Crippen molar-refractivity contribution in [1.29, 1.82) is 0 Å². The Bertz CT molecular complexity index is 82.9. The molecule has 40 valence electrons. The van der Waals surface area contributed by atoms with E-state index in [4.69, 9.17) is 11.3 Å². The van der Waals surface area contributed by atoms with Crippen molar-refractivity contribution in [3.63, 3.8) is 0 Å². The van der Waals surface area contributed by atoms with E-state index in [1.807, 2.05) is 0 Å². The number of hydrogen-bond donors (Lipinski definition) is 1. The third-order valence-corrected chi connectivity index (χ3v) is 0.590. The first kappa shape index (κ1) is 6.27. The van der Waals surface area contributed by atoms with E-state index in [9.17, 15) is 0 Å².